The van der Waals surface area contributed by atoms with Gasteiger partial charge in [-0.05, 0) is 30.7 Å². The average molecular weight is 472 g/mol. The van der Waals surface area contributed by atoms with E-state index in [0.717, 1.165) is 61.6 Å². The molecule has 1 saturated heterocycles. The van der Waals surface area contributed by atoms with E-state index in [9.17, 15) is 4.39 Å². The lowest BCUT2D eigenvalue weighted by Gasteiger charge is -2.26. The summed E-state index contributed by atoms with van der Waals surface area (Å²) in [6.45, 7) is 9.45. The van der Waals surface area contributed by atoms with Crippen molar-refractivity contribution in [3.63, 3.8) is 0 Å². The number of benzene rings is 2. The van der Waals surface area contributed by atoms with Crippen LogP contribution in [0.25, 0.3) is 10.9 Å². The summed E-state index contributed by atoms with van der Waals surface area (Å²) < 4.78 is 25.0. The highest BCUT2D eigenvalue weighted by atomic mass is 35.5. The molecule has 0 saturated carbocycles. The van der Waals surface area contributed by atoms with Crippen LogP contribution < -0.4 is 15.4 Å². The highest BCUT2D eigenvalue weighted by Gasteiger charge is 2.13. The van der Waals surface area contributed by atoms with Gasteiger partial charge in [-0.3, -0.25) is 4.90 Å². The zero-order chi connectivity index (χ0) is 23.0. The van der Waals surface area contributed by atoms with Crippen molar-refractivity contribution in [1.82, 2.24) is 14.9 Å². The van der Waals surface area contributed by atoms with Crippen LogP contribution in [0.3, 0.4) is 0 Å². The number of morpholine rings is 1. The lowest BCUT2D eigenvalue weighted by molar-refractivity contribution is 0.0358. The first-order valence-electron chi connectivity index (χ1n) is 10.9. The fraction of sp³-hybridized carbons (Fsp3) is 0.333. The van der Waals surface area contributed by atoms with Gasteiger partial charge < -0.3 is 20.1 Å². The number of rotatable bonds is 10. The summed E-state index contributed by atoms with van der Waals surface area (Å²) in [7, 11) is 0. The number of aromatic nitrogens is 2. The predicted octanol–water partition coefficient (Wildman–Crippen LogP) is 4.86. The van der Waals surface area contributed by atoms with Crippen molar-refractivity contribution in [2.24, 2.45) is 0 Å². The molecule has 7 nitrogen and oxygen atoms in total. The third-order valence-electron chi connectivity index (χ3n) is 5.34. The zero-order valence-corrected chi connectivity index (χ0v) is 19.1. The standard InChI is InChI=1S/C24H27ClFN5O2/c1-2-6-27-22-14-18-21(15-23(22)33-10-3-7-31-8-11-32-12-9-31)28-16-29-24(18)30-17-4-5-20(26)19(25)13-17/h2,4-5,13-16,27H,1,3,6-12H2,(H,28,29,30). The summed E-state index contributed by atoms with van der Waals surface area (Å²) >= 11 is 5.92. The Morgan fingerprint density at radius 1 is 1.21 bits per heavy atom. The van der Waals surface area contributed by atoms with Gasteiger partial charge in [0, 0.05) is 43.3 Å². The molecule has 3 aromatic rings. The van der Waals surface area contributed by atoms with Gasteiger partial charge in [-0.25, -0.2) is 14.4 Å². The lowest BCUT2D eigenvalue weighted by Crippen LogP contribution is -2.37. The molecule has 2 aromatic carbocycles. The minimum absolute atomic E-state index is 0.0412. The highest BCUT2D eigenvalue weighted by molar-refractivity contribution is 6.31. The van der Waals surface area contributed by atoms with E-state index in [4.69, 9.17) is 21.1 Å². The maximum Gasteiger partial charge on any atom is 0.144 e. The summed E-state index contributed by atoms with van der Waals surface area (Å²) in [6.07, 6.45) is 4.18. The molecule has 0 spiro atoms. The van der Waals surface area contributed by atoms with Crippen molar-refractivity contribution in [1.29, 1.82) is 0 Å². The van der Waals surface area contributed by atoms with Crippen LogP contribution in [0.2, 0.25) is 5.02 Å². The molecule has 174 valence electrons. The van der Waals surface area contributed by atoms with E-state index in [0.29, 0.717) is 24.7 Å². The molecule has 0 unspecified atom stereocenters. The Morgan fingerprint density at radius 3 is 2.85 bits per heavy atom. The van der Waals surface area contributed by atoms with Crippen LogP contribution in [0, 0.1) is 5.82 Å². The summed E-state index contributed by atoms with van der Waals surface area (Å²) in [5, 5.41) is 7.37. The SMILES string of the molecule is C=CCNc1cc2c(Nc3ccc(F)c(Cl)c3)ncnc2cc1OCCCN1CCOCC1. The summed E-state index contributed by atoms with van der Waals surface area (Å²) in [5.74, 6) is 0.838. The largest absolute Gasteiger partial charge is 0.491 e. The van der Waals surface area contributed by atoms with Gasteiger partial charge in [0.15, 0.2) is 0 Å². The van der Waals surface area contributed by atoms with E-state index in [1.165, 1.54) is 18.5 Å². The van der Waals surface area contributed by atoms with E-state index >= 15 is 0 Å². The van der Waals surface area contributed by atoms with Crippen molar-refractivity contribution >= 4 is 39.7 Å². The second-order valence-electron chi connectivity index (χ2n) is 7.67. The van der Waals surface area contributed by atoms with E-state index in [1.54, 1.807) is 12.1 Å². The van der Waals surface area contributed by atoms with Crippen LogP contribution in [0.15, 0.2) is 49.3 Å². The molecular formula is C24H27ClFN5O2. The predicted molar refractivity (Wildman–Crippen MR) is 130 cm³/mol. The minimum atomic E-state index is -0.471. The third kappa shape index (κ3) is 6.10. The molecule has 1 aromatic heterocycles. The Morgan fingerprint density at radius 2 is 2.06 bits per heavy atom. The van der Waals surface area contributed by atoms with Crippen molar-refractivity contribution in [2.75, 3.05) is 56.6 Å². The normalized spacial score (nSPS) is 14.2. The number of hydrogen-bond donors (Lipinski definition) is 2. The fourth-order valence-electron chi connectivity index (χ4n) is 3.63. The molecule has 0 atom stereocenters. The Balaban J connectivity index is 1.52. The van der Waals surface area contributed by atoms with Crippen molar-refractivity contribution < 1.29 is 13.9 Å². The number of nitrogens with one attached hydrogen (secondary N) is 2. The number of hydrogen-bond acceptors (Lipinski definition) is 7. The van der Waals surface area contributed by atoms with E-state index in [2.05, 4.69) is 32.1 Å². The molecule has 33 heavy (non-hydrogen) atoms. The van der Waals surface area contributed by atoms with E-state index < -0.39 is 5.82 Å². The summed E-state index contributed by atoms with van der Waals surface area (Å²) in [6, 6.07) is 8.29. The van der Waals surface area contributed by atoms with Crippen molar-refractivity contribution in [2.45, 2.75) is 6.42 Å². The maximum atomic E-state index is 13.5. The number of halogens is 2. The Bertz CT molecular complexity index is 1110. The molecule has 1 aliphatic rings. The monoisotopic (exact) mass is 471 g/mol. The maximum absolute atomic E-state index is 13.5. The van der Waals surface area contributed by atoms with Gasteiger partial charge in [-0.1, -0.05) is 17.7 Å². The second kappa shape index (κ2) is 11.3. The molecule has 0 amide bonds. The van der Waals surface area contributed by atoms with Gasteiger partial charge in [-0.15, -0.1) is 6.58 Å². The number of ether oxygens (including phenoxy) is 2. The molecule has 0 bridgehead atoms. The van der Waals surface area contributed by atoms with Crippen LogP contribution >= 0.6 is 11.6 Å². The van der Waals surface area contributed by atoms with E-state index in [1.807, 2.05) is 12.1 Å². The number of nitrogens with zero attached hydrogens (tertiary/aromatic N) is 3. The number of fused-ring (bicyclic) bond motifs is 1. The zero-order valence-electron chi connectivity index (χ0n) is 18.3. The fourth-order valence-corrected chi connectivity index (χ4v) is 3.81. The molecule has 4 rings (SSSR count). The van der Waals surface area contributed by atoms with Gasteiger partial charge in [0.25, 0.3) is 0 Å². The Kier molecular flexibility index (Phi) is 7.93. The molecule has 2 heterocycles. The van der Waals surface area contributed by atoms with Gasteiger partial charge >= 0.3 is 0 Å². The Labute approximate surface area is 197 Å². The summed E-state index contributed by atoms with van der Waals surface area (Å²) in [4.78, 5) is 11.2. The molecule has 0 radical (unpaired) electrons. The third-order valence-corrected chi connectivity index (χ3v) is 5.63. The van der Waals surface area contributed by atoms with Gasteiger partial charge in [-0.2, -0.15) is 0 Å². The molecular weight excluding hydrogens is 445 g/mol. The first-order valence-corrected chi connectivity index (χ1v) is 11.3. The molecule has 2 N–H and O–H groups in total. The smallest absolute Gasteiger partial charge is 0.144 e. The Hall–Kier alpha value is -2.94. The van der Waals surface area contributed by atoms with Gasteiger partial charge in [0.2, 0.25) is 0 Å². The minimum Gasteiger partial charge on any atom is -0.491 e. The quantitative estimate of drug-likeness (QED) is 0.323. The first kappa shape index (κ1) is 23.2. The van der Waals surface area contributed by atoms with Gasteiger partial charge in [0.1, 0.15) is 23.7 Å². The van der Waals surface area contributed by atoms with Crippen molar-refractivity contribution in [3.05, 3.63) is 60.2 Å². The highest BCUT2D eigenvalue weighted by Crippen LogP contribution is 2.34. The van der Waals surface area contributed by atoms with Gasteiger partial charge in [0.05, 0.1) is 36.0 Å². The van der Waals surface area contributed by atoms with Crippen LogP contribution in [0.1, 0.15) is 6.42 Å². The van der Waals surface area contributed by atoms with Crippen LogP contribution in [-0.2, 0) is 4.74 Å². The van der Waals surface area contributed by atoms with Crippen LogP contribution in [-0.4, -0.2) is 60.9 Å². The van der Waals surface area contributed by atoms with Crippen LogP contribution in [0.5, 0.6) is 5.75 Å². The average Bonchev–Trinajstić information content (AvgIpc) is 2.83. The summed E-state index contributed by atoms with van der Waals surface area (Å²) in [5.41, 5.74) is 2.18. The molecule has 1 fully saturated rings. The molecule has 0 aliphatic carbocycles. The number of anilines is 3. The first-order chi connectivity index (χ1) is 16.1. The molecule has 9 heteroatoms. The second-order valence-corrected chi connectivity index (χ2v) is 8.07. The molecule has 1 aliphatic heterocycles. The van der Waals surface area contributed by atoms with Crippen LogP contribution in [0.4, 0.5) is 21.6 Å². The lowest BCUT2D eigenvalue weighted by atomic mass is 10.1. The topological polar surface area (TPSA) is 71.5 Å². The van der Waals surface area contributed by atoms with E-state index in [-0.39, 0.29) is 5.02 Å². The van der Waals surface area contributed by atoms with Crippen molar-refractivity contribution in [3.8, 4) is 5.75 Å².